The van der Waals surface area contributed by atoms with Crippen molar-refractivity contribution < 1.29 is 17.9 Å². The first-order valence-electron chi connectivity index (χ1n) is 11.4. The molecule has 0 radical (unpaired) electrons. The number of hydrogen-bond donors (Lipinski definition) is 0. The third kappa shape index (κ3) is 4.28. The summed E-state index contributed by atoms with van der Waals surface area (Å²) in [5, 5.41) is 0.722. The molecule has 1 fully saturated rings. The van der Waals surface area contributed by atoms with E-state index in [1.807, 2.05) is 28.9 Å². The zero-order valence-electron chi connectivity index (χ0n) is 18.9. The molecule has 0 spiro atoms. The van der Waals surface area contributed by atoms with E-state index in [0.717, 1.165) is 46.6 Å². The normalized spacial score (nSPS) is 19.0. The molecule has 3 heterocycles. The van der Waals surface area contributed by atoms with Gasteiger partial charge in [0.05, 0.1) is 5.52 Å². The topological polar surface area (TPSA) is 93.9 Å². The summed E-state index contributed by atoms with van der Waals surface area (Å²) in [5.74, 6) is -0.492. The van der Waals surface area contributed by atoms with Crippen LogP contribution in [-0.2, 0) is 19.6 Å². The molecule has 1 aliphatic carbocycles. The van der Waals surface area contributed by atoms with E-state index in [9.17, 15) is 13.2 Å². The van der Waals surface area contributed by atoms with Crippen LogP contribution in [0, 0.1) is 0 Å². The lowest BCUT2D eigenvalue weighted by Gasteiger charge is -2.32. The van der Waals surface area contributed by atoms with Crippen molar-refractivity contribution >= 4 is 32.5 Å². The first-order chi connectivity index (χ1) is 16.4. The van der Waals surface area contributed by atoms with Crippen LogP contribution >= 0.6 is 0 Å². The fourth-order valence-corrected chi connectivity index (χ4v) is 5.98. The van der Waals surface area contributed by atoms with Crippen molar-refractivity contribution in [1.82, 2.24) is 18.7 Å². The first-order valence-corrected chi connectivity index (χ1v) is 12.8. The lowest BCUT2D eigenvalue weighted by molar-refractivity contribution is -0.151. The van der Waals surface area contributed by atoms with Crippen LogP contribution in [-0.4, -0.2) is 52.8 Å². The van der Waals surface area contributed by atoms with Crippen molar-refractivity contribution in [3.05, 3.63) is 72.8 Å². The largest absolute Gasteiger partial charge is 0.461 e. The van der Waals surface area contributed by atoms with Crippen LogP contribution in [0.5, 0.6) is 0 Å². The summed E-state index contributed by atoms with van der Waals surface area (Å²) in [6.07, 6.45) is 10.6. The van der Waals surface area contributed by atoms with E-state index in [-0.39, 0.29) is 23.5 Å². The Labute approximate surface area is 198 Å². The number of carbonyl (C=O) groups excluding carboxylic acids is 1. The van der Waals surface area contributed by atoms with Crippen LogP contribution in [0.1, 0.15) is 37.2 Å². The molecule has 0 bridgehead atoms. The third-order valence-corrected chi connectivity index (χ3v) is 8.30. The number of fused-ring (bicyclic) bond motifs is 2. The highest BCUT2D eigenvalue weighted by molar-refractivity contribution is 7.89. The number of aromatic nitrogens is 3. The number of esters is 1. The SMILES string of the molecule is CN(CC(=O)OC1CCCCC1c1ccc2nccn2c1)S(=O)(=O)c1cccc2cccnc12. The lowest BCUT2D eigenvalue weighted by Crippen LogP contribution is -2.36. The Morgan fingerprint density at radius 1 is 1.09 bits per heavy atom. The van der Waals surface area contributed by atoms with Gasteiger partial charge in [0.1, 0.15) is 23.2 Å². The maximum Gasteiger partial charge on any atom is 0.321 e. The second-order valence-electron chi connectivity index (χ2n) is 8.67. The Morgan fingerprint density at radius 3 is 2.79 bits per heavy atom. The summed E-state index contributed by atoms with van der Waals surface area (Å²) in [6.45, 7) is -0.366. The lowest BCUT2D eigenvalue weighted by atomic mass is 9.82. The molecule has 0 amide bonds. The van der Waals surface area contributed by atoms with Crippen molar-refractivity contribution in [1.29, 1.82) is 0 Å². The monoisotopic (exact) mass is 478 g/mol. The van der Waals surface area contributed by atoms with E-state index in [2.05, 4.69) is 9.97 Å². The predicted molar refractivity (Wildman–Crippen MR) is 128 cm³/mol. The maximum atomic E-state index is 13.2. The number of hydrogen-bond acceptors (Lipinski definition) is 6. The highest BCUT2D eigenvalue weighted by atomic mass is 32.2. The van der Waals surface area contributed by atoms with Crippen LogP contribution in [0.25, 0.3) is 16.6 Å². The van der Waals surface area contributed by atoms with Gasteiger partial charge in [-0.2, -0.15) is 4.31 Å². The molecule has 0 aliphatic heterocycles. The van der Waals surface area contributed by atoms with Gasteiger partial charge in [-0.15, -0.1) is 0 Å². The minimum atomic E-state index is -3.93. The second-order valence-corrected chi connectivity index (χ2v) is 10.7. The van der Waals surface area contributed by atoms with Gasteiger partial charge in [0, 0.05) is 43.1 Å². The summed E-state index contributed by atoms with van der Waals surface area (Å²) in [4.78, 5) is 21.4. The van der Waals surface area contributed by atoms with Crippen molar-refractivity contribution in [2.24, 2.45) is 0 Å². The summed E-state index contributed by atoms with van der Waals surface area (Å²) < 4.78 is 35.3. The van der Waals surface area contributed by atoms with E-state index in [4.69, 9.17) is 4.74 Å². The van der Waals surface area contributed by atoms with Crippen molar-refractivity contribution in [2.45, 2.75) is 42.6 Å². The maximum absolute atomic E-state index is 13.2. The molecular formula is C25H26N4O4S. The van der Waals surface area contributed by atoms with Gasteiger partial charge >= 0.3 is 5.97 Å². The molecule has 2 unspecified atom stereocenters. The van der Waals surface area contributed by atoms with Crippen molar-refractivity contribution in [3.63, 3.8) is 0 Å². The Kier molecular flexibility index (Phi) is 6.05. The molecular weight excluding hydrogens is 452 g/mol. The highest BCUT2D eigenvalue weighted by Crippen LogP contribution is 2.35. The molecule has 1 aromatic carbocycles. The minimum absolute atomic E-state index is 0.0636. The molecule has 1 saturated carbocycles. The average molecular weight is 479 g/mol. The fraction of sp³-hybridized carbons (Fsp3) is 0.320. The van der Waals surface area contributed by atoms with E-state index in [0.29, 0.717) is 5.52 Å². The number of para-hydroxylation sites is 1. The predicted octanol–water partition coefficient (Wildman–Crippen LogP) is 3.77. The molecule has 1 aliphatic rings. The number of sulfonamides is 1. The van der Waals surface area contributed by atoms with Crippen LogP contribution < -0.4 is 0 Å². The fourth-order valence-electron chi connectivity index (χ4n) is 4.70. The smallest absolute Gasteiger partial charge is 0.321 e. The molecule has 4 aromatic rings. The van der Waals surface area contributed by atoms with E-state index in [1.165, 1.54) is 13.1 Å². The number of nitrogens with zero attached hydrogens (tertiary/aromatic N) is 4. The molecule has 3 aromatic heterocycles. The number of benzene rings is 1. The number of pyridine rings is 2. The van der Waals surface area contributed by atoms with Crippen molar-refractivity contribution in [3.8, 4) is 0 Å². The van der Waals surface area contributed by atoms with Crippen LogP contribution in [0.3, 0.4) is 0 Å². The summed E-state index contributed by atoms with van der Waals surface area (Å²) >= 11 is 0. The number of imidazole rings is 1. The number of carbonyl (C=O) groups is 1. The quantitative estimate of drug-likeness (QED) is 0.392. The van der Waals surface area contributed by atoms with Crippen LogP contribution in [0.4, 0.5) is 0 Å². The van der Waals surface area contributed by atoms with Gasteiger partial charge in [-0.3, -0.25) is 9.78 Å². The molecule has 9 heteroatoms. The number of likely N-dealkylation sites (N-methyl/N-ethyl adjacent to an activating group) is 1. The van der Waals surface area contributed by atoms with Gasteiger partial charge in [0.15, 0.2) is 0 Å². The van der Waals surface area contributed by atoms with Gasteiger partial charge < -0.3 is 9.14 Å². The summed E-state index contributed by atoms with van der Waals surface area (Å²) in [5.41, 5.74) is 2.33. The van der Waals surface area contributed by atoms with Gasteiger partial charge in [0.2, 0.25) is 10.0 Å². The third-order valence-electron chi connectivity index (χ3n) is 6.46. The Hall–Kier alpha value is -3.30. The van der Waals surface area contributed by atoms with Crippen LogP contribution in [0.15, 0.2) is 72.1 Å². The van der Waals surface area contributed by atoms with E-state index >= 15 is 0 Å². The van der Waals surface area contributed by atoms with Crippen LogP contribution in [0.2, 0.25) is 0 Å². The van der Waals surface area contributed by atoms with Gasteiger partial charge in [-0.1, -0.05) is 30.7 Å². The molecule has 34 heavy (non-hydrogen) atoms. The van der Waals surface area contributed by atoms with Crippen molar-refractivity contribution in [2.75, 3.05) is 13.6 Å². The molecule has 0 saturated heterocycles. The van der Waals surface area contributed by atoms with Gasteiger partial charge in [-0.05, 0) is 43.0 Å². The number of rotatable bonds is 6. The van der Waals surface area contributed by atoms with E-state index in [1.54, 1.807) is 36.7 Å². The van der Waals surface area contributed by atoms with Gasteiger partial charge in [-0.25, -0.2) is 13.4 Å². The second kappa shape index (κ2) is 9.15. The highest BCUT2D eigenvalue weighted by Gasteiger charge is 2.32. The molecule has 5 rings (SSSR count). The molecule has 2 atom stereocenters. The zero-order valence-corrected chi connectivity index (χ0v) is 19.7. The first kappa shape index (κ1) is 22.5. The Morgan fingerprint density at radius 2 is 1.91 bits per heavy atom. The Balaban J connectivity index is 1.32. The molecule has 0 N–H and O–H groups in total. The summed E-state index contributed by atoms with van der Waals surface area (Å²) in [6, 6.07) is 12.5. The molecule has 176 valence electrons. The minimum Gasteiger partial charge on any atom is -0.461 e. The molecule has 8 nitrogen and oxygen atoms in total. The standard InChI is InChI=1S/C25H26N4O4S/c1-28(34(31,32)22-10-4-6-18-7-5-13-27-25(18)22)17-24(30)33-21-9-3-2-8-20(21)19-11-12-23-26-14-15-29(23)16-19/h4-7,10-16,20-21H,2-3,8-9,17H2,1H3. The summed E-state index contributed by atoms with van der Waals surface area (Å²) in [7, 11) is -2.53. The zero-order chi connectivity index (χ0) is 23.7. The average Bonchev–Trinajstić information content (AvgIpc) is 3.32. The number of ether oxygens (including phenoxy) is 1. The van der Waals surface area contributed by atoms with Gasteiger partial charge in [0.25, 0.3) is 0 Å². The Bertz CT molecular complexity index is 1440. The van der Waals surface area contributed by atoms with E-state index < -0.39 is 16.0 Å².